The molecule has 20 heavy (non-hydrogen) atoms. The summed E-state index contributed by atoms with van der Waals surface area (Å²) in [6, 6.07) is 8.17. The summed E-state index contributed by atoms with van der Waals surface area (Å²) in [4.78, 5) is 4.94. The summed E-state index contributed by atoms with van der Waals surface area (Å²) in [6.45, 7) is 4.60. The molecule has 1 aliphatic heterocycles. The lowest BCUT2D eigenvalue weighted by Crippen LogP contribution is -2.51. The third-order valence-corrected chi connectivity index (χ3v) is 4.64. The molecule has 2 rings (SSSR count). The number of likely N-dealkylation sites (tertiary alicyclic amines) is 1. The number of hydrogen-bond donors (Lipinski definition) is 0. The van der Waals surface area contributed by atoms with Crippen molar-refractivity contribution in [2.45, 2.75) is 44.7 Å². The number of piperidine rings is 1. The van der Waals surface area contributed by atoms with Crippen molar-refractivity contribution in [1.29, 1.82) is 0 Å². The average Bonchev–Trinajstić information content (AvgIpc) is 2.46. The van der Waals surface area contributed by atoms with Crippen molar-refractivity contribution in [2.75, 3.05) is 27.2 Å². The first-order chi connectivity index (χ1) is 9.58. The van der Waals surface area contributed by atoms with E-state index >= 15 is 0 Å². The van der Waals surface area contributed by atoms with Gasteiger partial charge in [0, 0.05) is 18.6 Å². The lowest BCUT2D eigenvalue weighted by atomic mass is 9.95. The molecule has 1 saturated heterocycles. The highest BCUT2D eigenvalue weighted by molar-refractivity contribution is 5.16. The van der Waals surface area contributed by atoms with E-state index in [1.54, 1.807) is 12.1 Å². The van der Waals surface area contributed by atoms with Crippen molar-refractivity contribution < 1.29 is 4.39 Å². The van der Waals surface area contributed by atoms with E-state index in [-0.39, 0.29) is 5.82 Å². The van der Waals surface area contributed by atoms with Gasteiger partial charge in [-0.05, 0) is 64.5 Å². The van der Waals surface area contributed by atoms with Gasteiger partial charge in [-0.2, -0.15) is 0 Å². The zero-order valence-electron chi connectivity index (χ0n) is 13.0. The molecule has 1 aromatic carbocycles. The molecule has 1 aliphatic rings. The van der Waals surface area contributed by atoms with Gasteiger partial charge in [0.1, 0.15) is 5.82 Å². The van der Waals surface area contributed by atoms with Gasteiger partial charge in [0.05, 0.1) is 0 Å². The van der Waals surface area contributed by atoms with Crippen LogP contribution in [0.15, 0.2) is 24.3 Å². The van der Waals surface area contributed by atoms with Crippen molar-refractivity contribution in [3.05, 3.63) is 35.6 Å². The lowest BCUT2D eigenvalue weighted by Gasteiger charge is -2.41. The molecular weight excluding hydrogens is 251 g/mol. The van der Waals surface area contributed by atoms with Gasteiger partial charge in [0.2, 0.25) is 0 Å². The number of hydrogen-bond acceptors (Lipinski definition) is 2. The Hall–Kier alpha value is -0.930. The van der Waals surface area contributed by atoms with E-state index in [2.05, 4.69) is 30.8 Å². The van der Waals surface area contributed by atoms with Crippen LogP contribution in [0.25, 0.3) is 0 Å². The average molecular weight is 278 g/mol. The Morgan fingerprint density at radius 3 is 2.60 bits per heavy atom. The summed E-state index contributed by atoms with van der Waals surface area (Å²) in [5.74, 6) is -0.147. The van der Waals surface area contributed by atoms with Gasteiger partial charge < -0.3 is 4.90 Å². The van der Waals surface area contributed by atoms with Gasteiger partial charge in [-0.15, -0.1) is 0 Å². The van der Waals surface area contributed by atoms with Crippen molar-refractivity contribution in [3.63, 3.8) is 0 Å². The van der Waals surface area contributed by atoms with Crippen LogP contribution >= 0.6 is 0 Å². The fraction of sp³-hybridized carbons (Fsp3) is 0.647. The van der Waals surface area contributed by atoms with E-state index < -0.39 is 0 Å². The van der Waals surface area contributed by atoms with E-state index in [1.165, 1.54) is 31.4 Å². The summed E-state index contributed by atoms with van der Waals surface area (Å²) < 4.78 is 12.9. The summed E-state index contributed by atoms with van der Waals surface area (Å²) in [5.41, 5.74) is 1.23. The maximum atomic E-state index is 12.9. The smallest absolute Gasteiger partial charge is 0.123 e. The van der Waals surface area contributed by atoms with Crippen molar-refractivity contribution in [3.8, 4) is 0 Å². The Bertz CT molecular complexity index is 402. The number of nitrogens with zero attached hydrogens (tertiary/aromatic N) is 2. The molecule has 0 amide bonds. The second kappa shape index (κ2) is 7.19. The molecule has 0 aliphatic carbocycles. The van der Waals surface area contributed by atoms with Gasteiger partial charge in [-0.3, -0.25) is 4.90 Å². The zero-order chi connectivity index (χ0) is 14.5. The Morgan fingerprint density at radius 2 is 1.95 bits per heavy atom. The highest BCUT2D eigenvalue weighted by atomic mass is 19.1. The number of rotatable bonds is 5. The molecule has 112 valence electrons. The normalized spacial score (nSPS) is 22.1. The predicted octanol–water partition coefficient (Wildman–Crippen LogP) is 3.17. The summed E-state index contributed by atoms with van der Waals surface area (Å²) in [5, 5.41) is 0. The second-order valence-corrected chi connectivity index (χ2v) is 6.18. The number of halogens is 1. The van der Waals surface area contributed by atoms with E-state index in [9.17, 15) is 4.39 Å². The molecule has 2 atom stereocenters. The van der Waals surface area contributed by atoms with Crippen molar-refractivity contribution >= 4 is 0 Å². The highest BCUT2D eigenvalue weighted by Gasteiger charge is 2.27. The van der Waals surface area contributed by atoms with Crippen LogP contribution in [-0.2, 0) is 6.42 Å². The summed E-state index contributed by atoms with van der Waals surface area (Å²) in [6.07, 6.45) is 4.95. The topological polar surface area (TPSA) is 6.48 Å². The Balaban J connectivity index is 1.93. The maximum Gasteiger partial charge on any atom is 0.123 e. The van der Waals surface area contributed by atoms with E-state index in [4.69, 9.17) is 0 Å². The minimum Gasteiger partial charge on any atom is -0.305 e. The lowest BCUT2D eigenvalue weighted by molar-refractivity contribution is 0.0833. The molecule has 1 aromatic rings. The Morgan fingerprint density at radius 1 is 1.25 bits per heavy atom. The van der Waals surface area contributed by atoms with Crippen LogP contribution < -0.4 is 0 Å². The molecule has 0 radical (unpaired) electrons. The SMILES string of the molecule is CC(C1CCCCN1CCc1ccc(F)cc1)N(C)C. The number of likely N-dealkylation sites (N-methyl/N-ethyl adjacent to an activating group) is 1. The molecule has 0 spiro atoms. The first-order valence-corrected chi connectivity index (χ1v) is 7.73. The molecule has 0 aromatic heterocycles. The summed E-state index contributed by atoms with van der Waals surface area (Å²) in [7, 11) is 4.33. The van der Waals surface area contributed by atoms with Gasteiger partial charge in [0.25, 0.3) is 0 Å². The van der Waals surface area contributed by atoms with Crippen LogP contribution in [0.2, 0.25) is 0 Å². The predicted molar refractivity (Wildman–Crippen MR) is 82.5 cm³/mol. The van der Waals surface area contributed by atoms with Crippen LogP contribution in [0.4, 0.5) is 4.39 Å². The van der Waals surface area contributed by atoms with Gasteiger partial charge in [0.15, 0.2) is 0 Å². The van der Waals surface area contributed by atoms with Crippen LogP contribution in [0.1, 0.15) is 31.7 Å². The minimum atomic E-state index is -0.147. The van der Waals surface area contributed by atoms with Crippen LogP contribution in [0.3, 0.4) is 0 Å². The molecule has 1 fully saturated rings. The minimum absolute atomic E-state index is 0.147. The molecule has 0 bridgehead atoms. The third kappa shape index (κ3) is 4.03. The van der Waals surface area contributed by atoms with Crippen molar-refractivity contribution in [2.24, 2.45) is 0 Å². The molecule has 2 nitrogen and oxygen atoms in total. The molecule has 3 heteroatoms. The molecule has 0 saturated carbocycles. The van der Waals surface area contributed by atoms with Crippen LogP contribution in [0, 0.1) is 5.82 Å². The highest BCUT2D eigenvalue weighted by Crippen LogP contribution is 2.22. The fourth-order valence-electron chi connectivity index (χ4n) is 3.11. The standard InChI is InChI=1S/C17H27FN2/c1-14(19(2)3)17-6-4-5-12-20(17)13-11-15-7-9-16(18)10-8-15/h7-10,14,17H,4-6,11-13H2,1-3H3. The first-order valence-electron chi connectivity index (χ1n) is 7.73. The third-order valence-electron chi connectivity index (χ3n) is 4.64. The first kappa shape index (κ1) is 15.5. The second-order valence-electron chi connectivity index (χ2n) is 6.18. The van der Waals surface area contributed by atoms with Crippen molar-refractivity contribution in [1.82, 2.24) is 9.80 Å². The Kier molecular flexibility index (Phi) is 5.55. The van der Waals surface area contributed by atoms with E-state index in [0.29, 0.717) is 12.1 Å². The number of benzene rings is 1. The Labute approximate surface area is 122 Å². The molecular formula is C17H27FN2. The van der Waals surface area contributed by atoms with E-state index in [0.717, 1.165) is 13.0 Å². The summed E-state index contributed by atoms with van der Waals surface area (Å²) >= 11 is 0. The van der Waals surface area contributed by atoms with Crippen LogP contribution in [-0.4, -0.2) is 49.1 Å². The van der Waals surface area contributed by atoms with Gasteiger partial charge >= 0.3 is 0 Å². The molecule has 2 unspecified atom stereocenters. The van der Waals surface area contributed by atoms with Gasteiger partial charge in [-0.25, -0.2) is 4.39 Å². The molecule has 1 heterocycles. The maximum absolute atomic E-state index is 12.9. The quantitative estimate of drug-likeness (QED) is 0.816. The molecule has 0 N–H and O–H groups in total. The van der Waals surface area contributed by atoms with Crippen LogP contribution in [0.5, 0.6) is 0 Å². The fourth-order valence-corrected chi connectivity index (χ4v) is 3.11. The largest absolute Gasteiger partial charge is 0.305 e. The monoisotopic (exact) mass is 278 g/mol. The van der Waals surface area contributed by atoms with Gasteiger partial charge in [-0.1, -0.05) is 18.6 Å². The van der Waals surface area contributed by atoms with E-state index in [1.807, 2.05) is 12.1 Å². The zero-order valence-corrected chi connectivity index (χ0v) is 13.0.